The van der Waals surface area contributed by atoms with Gasteiger partial charge in [0.25, 0.3) is 5.91 Å². The van der Waals surface area contributed by atoms with E-state index in [1.165, 1.54) is 0 Å². The number of nitrogens with zero attached hydrogens (tertiary/aromatic N) is 2. The molecule has 0 spiro atoms. The fourth-order valence-electron chi connectivity index (χ4n) is 4.20. The number of hydrogen-bond acceptors (Lipinski definition) is 4. The van der Waals surface area contributed by atoms with Crippen LogP contribution in [0.2, 0.25) is 0 Å². The van der Waals surface area contributed by atoms with Crippen LogP contribution in [-0.4, -0.2) is 41.1 Å². The van der Waals surface area contributed by atoms with Gasteiger partial charge >= 0.3 is 6.03 Å². The lowest BCUT2D eigenvalue weighted by Crippen LogP contribution is -2.45. The van der Waals surface area contributed by atoms with Crippen LogP contribution in [0, 0.1) is 0 Å². The number of benzene rings is 2. The van der Waals surface area contributed by atoms with Crippen LogP contribution < -0.4 is 10.2 Å². The van der Waals surface area contributed by atoms with E-state index in [0.717, 1.165) is 27.5 Å². The van der Waals surface area contributed by atoms with Gasteiger partial charge in [-0.25, -0.2) is 4.79 Å². The average Bonchev–Trinajstić information content (AvgIpc) is 2.90. The second-order valence-electron chi connectivity index (χ2n) is 8.95. The molecule has 4 amide bonds. The van der Waals surface area contributed by atoms with Gasteiger partial charge in [-0.05, 0) is 42.5 Å². The molecular formula is C25H29N3O3S. The summed E-state index contributed by atoms with van der Waals surface area (Å²) in [5, 5.41) is 3.18. The quantitative estimate of drug-likeness (QED) is 0.695. The van der Waals surface area contributed by atoms with E-state index in [4.69, 9.17) is 0 Å². The summed E-state index contributed by atoms with van der Waals surface area (Å²) in [6.07, 6.45) is 0.838. The van der Waals surface area contributed by atoms with Crippen LogP contribution in [-0.2, 0) is 15.1 Å². The van der Waals surface area contributed by atoms with E-state index in [0.29, 0.717) is 23.3 Å². The Hall–Kier alpha value is -2.80. The van der Waals surface area contributed by atoms with Gasteiger partial charge in [0, 0.05) is 16.7 Å². The summed E-state index contributed by atoms with van der Waals surface area (Å²) in [6, 6.07) is 15.0. The van der Waals surface area contributed by atoms with Crippen LogP contribution in [0.15, 0.2) is 53.4 Å². The number of thioether (sulfide) groups is 1. The van der Waals surface area contributed by atoms with Crippen LogP contribution in [0.25, 0.3) is 0 Å². The van der Waals surface area contributed by atoms with Gasteiger partial charge in [0.15, 0.2) is 0 Å². The van der Waals surface area contributed by atoms with E-state index in [9.17, 15) is 14.4 Å². The lowest BCUT2D eigenvalue weighted by molar-refractivity contribution is -0.134. The molecule has 1 N–H and O–H groups in total. The molecule has 0 aliphatic carbocycles. The predicted molar refractivity (Wildman–Crippen MR) is 127 cm³/mol. The van der Waals surface area contributed by atoms with Gasteiger partial charge in [0.05, 0.1) is 5.69 Å². The van der Waals surface area contributed by atoms with Crippen molar-refractivity contribution in [2.45, 2.75) is 55.7 Å². The number of carbonyl (C=O) groups is 3. The maximum atomic E-state index is 13.3. The van der Waals surface area contributed by atoms with Gasteiger partial charge in [-0.15, -0.1) is 11.8 Å². The standard InChI is InChI=1S/C25H29N3O3S/c1-16(2)18-9-11-19(12-10-18)25(4)23(30)28(24(31)26-25)15-22(29)27-14-13-17(3)32-21-8-6-5-7-20(21)27/h5-12,16-17H,13-15H2,1-4H3,(H,26,31)/t17-,25+/m1/s1. The molecule has 2 aromatic rings. The molecule has 0 unspecified atom stereocenters. The number of amides is 4. The summed E-state index contributed by atoms with van der Waals surface area (Å²) in [6.45, 7) is 8.32. The van der Waals surface area contributed by atoms with Crippen LogP contribution in [0.4, 0.5) is 10.5 Å². The molecule has 2 heterocycles. The van der Waals surface area contributed by atoms with Crippen molar-refractivity contribution in [3.05, 3.63) is 59.7 Å². The van der Waals surface area contributed by atoms with E-state index in [1.807, 2.05) is 48.5 Å². The molecule has 6 nitrogen and oxygen atoms in total. The van der Waals surface area contributed by atoms with Crippen molar-refractivity contribution >= 4 is 35.3 Å². The number of hydrogen-bond donors (Lipinski definition) is 1. The van der Waals surface area contributed by atoms with E-state index < -0.39 is 17.5 Å². The summed E-state index contributed by atoms with van der Waals surface area (Å²) in [7, 11) is 0. The molecule has 0 radical (unpaired) electrons. The fraction of sp³-hybridized carbons (Fsp3) is 0.400. The minimum Gasteiger partial charge on any atom is -0.319 e. The second-order valence-corrected chi connectivity index (χ2v) is 10.4. The molecule has 2 aliphatic heterocycles. The first-order valence-electron chi connectivity index (χ1n) is 11.0. The summed E-state index contributed by atoms with van der Waals surface area (Å²) < 4.78 is 0. The van der Waals surface area contributed by atoms with Crippen molar-refractivity contribution in [2.75, 3.05) is 18.0 Å². The van der Waals surface area contributed by atoms with Gasteiger partial charge in [-0.3, -0.25) is 14.5 Å². The Morgan fingerprint density at radius 3 is 2.53 bits per heavy atom. The minimum absolute atomic E-state index is 0.255. The third kappa shape index (κ3) is 4.01. The summed E-state index contributed by atoms with van der Waals surface area (Å²) in [5.41, 5.74) is 1.52. The first kappa shape index (κ1) is 22.4. The van der Waals surface area contributed by atoms with Gasteiger partial charge in [-0.2, -0.15) is 0 Å². The molecule has 4 rings (SSSR count). The molecule has 2 atom stereocenters. The highest BCUT2D eigenvalue weighted by Crippen LogP contribution is 2.37. The number of imide groups is 1. The molecule has 0 saturated carbocycles. The normalized spacial score (nSPS) is 23.2. The number of rotatable bonds is 4. The van der Waals surface area contributed by atoms with E-state index >= 15 is 0 Å². The third-order valence-electron chi connectivity index (χ3n) is 6.27. The van der Waals surface area contributed by atoms with Crippen molar-refractivity contribution in [2.24, 2.45) is 0 Å². The third-order valence-corrected chi connectivity index (χ3v) is 7.50. The minimum atomic E-state index is -1.19. The Bertz CT molecular complexity index is 1050. The zero-order valence-electron chi connectivity index (χ0n) is 18.9. The van der Waals surface area contributed by atoms with Crippen molar-refractivity contribution in [3.8, 4) is 0 Å². The number of nitrogens with one attached hydrogen (secondary N) is 1. The lowest BCUT2D eigenvalue weighted by atomic mass is 9.90. The molecule has 7 heteroatoms. The SMILES string of the molecule is CC(C)c1ccc([C@]2(C)NC(=O)N(CC(=O)N3CC[C@@H](C)Sc4ccccc43)C2=O)cc1. The number of urea groups is 1. The highest BCUT2D eigenvalue weighted by molar-refractivity contribution is 8.00. The Kier molecular flexibility index (Phi) is 6.03. The predicted octanol–water partition coefficient (Wildman–Crippen LogP) is 4.49. The van der Waals surface area contributed by atoms with Gasteiger partial charge in [-0.1, -0.05) is 57.2 Å². The average molecular weight is 452 g/mol. The highest BCUT2D eigenvalue weighted by Gasteiger charge is 2.49. The number of carbonyl (C=O) groups excluding carboxylic acids is 3. The molecule has 32 heavy (non-hydrogen) atoms. The number of fused-ring (bicyclic) bond motifs is 1. The van der Waals surface area contributed by atoms with E-state index in [2.05, 4.69) is 26.1 Å². The van der Waals surface area contributed by atoms with Crippen LogP contribution in [0.1, 0.15) is 51.2 Å². The summed E-state index contributed by atoms with van der Waals surface area (Å²) in [5.74, 6) is -0.286. The van der Waals surface area contributed by atoms with E-state index in [1.54, 1.807) is 23.6 Å². The zero-order valence-corrected chi connectivity index (χ0v) is 19.7. The summed E-state index contributed by atoms with van der Waals surface area (Å²) >= 11 is 1.74. The fourth-order valence-corrected chi connectivity index (χ4v) is 5.32. The maximum absolute atomic E-state index is 13.3. The molecule has 168 valence electrons. The molecule has 1 fully saturated rings. The molecule has 2 aliphatic rings. The summed E-state index contributed by atoms with van der Waals surface area (Å²) in [4.78, 5) is 43.1. The van der Waals surface area contributed by atoms with Crippen molar-refractivity contribution < 1.29 is 14.4 Å². The monoisotopic (exact) mass is 451 g/mol. The number of anilines is 1. The van der Waals surface area contributed by atoms with Crippen molar-refractivity contribution in [1.29, 1.82) is 0 Å². The first-order chi connectivity index (χ1) is 15.2. The van der Waals surface area contributed by atoms with Gasteiger partial charge < -0.3 is 10.2 Å². The molecular weight excluding hydrogens is 422 g/mol. The van der Waals surface area contributed by atoms with Crippen molar-refractivity contribution in [3.63, 3.8) is 0 Å². The Morgan fingerprint density at radius 2 is 1.84 bits per heavy atom. The van der Waals surface area contributed by atoms with Crippen LogP contribution in [0.3, 0.4) is 0 Å². The van der Waals surface area contributed by atoms with Gasteiger partial charge in [0.1, 0.15) is 12.1 Å². The maximum Gasteiger partial charge on any atom is 0.325 e. The largest absolute Gasteiger partial charge is 0.325 e. The molecule has 0 aromatic heterocycles. The smallest absolute Gasteiger partial charge is 0.319 e. The lowest BCUT2D eigenvalue weighted by Gasteiger charge is -2.25. The Morgan fingerprint density at radius 1 is 1.16 bits per heavy atom. The highest BCUT2D eigenvalue weighted by atomic mass is 32.2. The first-order valence-corrected chi connectivity index (χ1v) is 11.9. The van der Waals surface area contributed by atoms with E-state index in [-0.39, 0.29) is 12.5 Å². The molecule has 2 aromatic carbocycles. The van der Waals surface area contributed by atoms with Crippen LogP contribution >= 0.6 is 11.8 Å². The molecule has 0 bridgehead atoms. The Labute approximate surface area is 193 Å². The molecule has 1 saturated heterocycles. The zero-order chi connectivity index (χ0) is 23.0. The van der Waals surface area contributed by atoms with Gasteiger partial charge in [0.2, 0.25) is 5.91 Å². The second kappa shape index (κ2) is 8.62. The number of para-hydroxylation sites is 1. The Balaban J connectivity index is 1.55. The van der Waals surface area contributed by atoms with Crippen molar-refractivity contribution in [1.82, 2.24) is 10.2 Å². The van der Waals surface area contributed by atoms with Crippen LogP contribution in [0.5, 0.6) is 0 Å². The topological polar surface area (TPSA) is 69.7 Å².